The molecule has 3 unspecified atom stereocenters. The standard InChI is InChI=1S/C19H23NO4/c1-11(6-12-2-5-16(21)17(22)7-12)20-15-4-3-13-9-18(23)19(24)10-14(13)8-15/h2-5,7-8,11,18-24H,6,9-10H2,1H3. The van der Waals surface area contributed by atoms with Crippen LogP contribution in [0.15, 0.2) is 36.4 Å². The zero-order chi connectivity index (χ0) is 17.3. The molecule has 1 aliphatic carbocycles. The van der Waals surface area contributed by atoms with Gasteiger partial charge < -0.3 is 25.7 Å². The van der Waals surface area contributed by atoms with Crippen LogP contribution >= 0.6 is 0 Å². The first-order chi connectivity index (χ1) is 11.4. The van der Waals surface area contributed by atoms with Crippen molar-refractivity contribution in [2.75, 3.05) is 5.32 Å². The van der Waals surface area contributed by atoms with E-state index < -0.39 is 12.2 Å². The van der Waals surface area contributed by atoms with E-state index >= 15 is 0 Å². The third-order valence-corrected chi connectivity index (χ3v) is 4.50. The highest BCUT2D eigenvalue weighted by atomic mass is 16.3. The minimum absolute atomic E-state index is 0.110. The molecule has 0 saturated heterocycles. The fourth-order valence-electron chi connectivity index (χ4n) is 3.21. The Kier molecular flexibility index (Phi) is 4.64. The van der Waals surface area contributed by atoms with Gasteiger partial charge in [-0.2, -0.15) is 0 Å². The second kappa shape index (κ2) is 6.71. The Morgan fingerprint density at radius 1 is 0.958 bits per heavy atom. The SMILES string of the molecule is CC(Cc1ccc(O)c(O)c1)Nc1ccc2c(c1)CC(O)C(O)C2. The molecule has 3 rings (SSSR count). The lowest BCUT2D eigenvalue weighted by Gasteiger charge is -2.27. The van der Waals surface area contributed by atoms with E-state index in [2.05, 4.69) is 5.32 Å². The van der Waals surface area contributed by atoms with Crippen LogP contribution in [0.25, 0.3) is 0 Å². The highest BCUT2D eigenvalue weighted by Gasteiger charge is 2.25. The Hall–Kier alpha value is -2.24. The Bertz CT molecular complexity index is 731. The molecule has 2 aromatic carbocycles. The van der Waals surface area contributed by atoms with Crippen molar-refractivity contribution in [2.45, 2.75) is 44.4 Å². The number of nitrogens with one attached hydrogen (secondary N) is 1. The van der Waals surface area contributed by atoms with Crippen LogP contribution in [0.4, 0.5) is 5.69 Å². The van der Waals surface area contributed by atoms with Crippen molar-refractivity contribution in [2.24, 2.45) is 0 Å². The predicted octanol–water partition coefficient (Wildman–Crippen LogP) is 1.96. The summed E-state index contributed by atoms with van der Waals surface area (Å²) in [6.45, 7) is 2.04. The topological polar surface area (TPSA) is 93.0 Å². The molecule has 3 atom stereocenters. The van der Waals surface area contributed by atoms with Gasteiger partial charge in [-0.3, -0.25) is 0 Å². The van der Waals surface area contributed by atoms with Crippen molar-refractivity contribution in [1.82, 2.24) is 0 Å². The van der Waals surface area contributed by atoms with E-state index in [0.29, 0.717) is 19.3 Å². The van der Waals surface area contributed by atoms with Crippen molar-refractivity contribution in [3.05, 3.63) is 53.1 Å². The van der Waals surface area contributed by atoms with Crippen LogP contribution in [0.2, 0.25) is 0 Å². The van der Waals surface area contributed by atoms with E-state index in [4.69, 9.17) is 0 Å². The number of aliphatic hydroxyl groups excluding tert-OH is 2. The van der Waals surface area contributed by atoms with Gasteiger partial charge >= 0.3 is 0 Å². The summed E-state index contributed by atoms with van der Waals surface area (Å²) >= 11 is 0. The van der Waals surface area contributed by atoms with Crippen LogP contribution in [0.3, 0.4) is 0 Å². The molecule has 0 heterocycles. The number of aromatic hydroxyl groups is 2. The van der Waals surface area contributed by atoms with Crippen molar-refractivity contribution in [1.29, 1.82) is 0 Å². The second-order valence-electron chi connectivity index (χ2n) is 6.60. The molecule has 2 aromatic rings. The van der Waals surface area contributed by atoms with E-state index in [0.717, 1.165) is 22.4 Å². The highest BCUT2D eigenvalue weighted by Crippen LogP contribution is 2.27. The molecule has 0 fully saturated rings. The van der Waals surface area contributed by atoms with Gasteiger partial charge in [0.2, 0.25) is 0 Å². The molecule has 5 heteroatoms. The minimum atomic E-state index is -0.704. The number of phenolic OH excluding ortho intramolecular Hbond substituents is 2. The van der Waals surface area contributed by atoms with E-state index in [1.165, 1.54) is 6.07 Å². The number of phenols is 2. The molecule has 0 spiro atoms. The number of fused-ring (bicyclic) bond motifs is 1. The monoisotopic (exact) mass is 329 g/mol. The lowest BCUT2D eigenvalue weighted by atomic mass is 9.87. The van der Waals surface area contributed by atoms with Crippen LogP contribution in [-0.4, -0.2) is 38.7 Å². The minimum Gasteiger partial charge on any atom is -0.504 e. The molecule has 1 aliphatic rings. The smallest absolute Gasteiger partial charge is 0.157 e. The number of aliphatic hydroxyl groups is 2. The molecule has 24 heavy (non-hydrogen) atoms. The molecule has 0 aliphatic heterocycles. The average molecular weight is 329 g/mol. The predicted molar refractivity (Wildman–Crippen MR) is 92.4 cm³/mol. The zero-order valence-electron chi connectivity index (χ0n) is 13.6. The summed E-state index contributed by atoms with van der Waals surface area (Å²) in [5.74, 6) is -0.226. The van der Waals surface area contributed by atoms with Gasteiger partial charge in [-0.25, -0.2) is 0 Å². The summed E-state index contributed by atoms with van der Waals surface area (Å²) < 4.78 is 0. The first-order valence-corrected chi connectivity index (χ1v) is 8.17. The molecule has 128 valence electrons. The molecular formula is C19H23NO4. The summed E-state index contributed by atoms with van der Waals surface area (Å²) in [5.41, 5.74) is 4.04. The Balaban J connectivity index is 1.67. The first-order valence-electron chi connectivity index (χ1n) is 8.17. The molecule has 5 N–H and O–H groups in total. The Morgan fingerprint density at radius 3 is 2.38 bits per heavy atom. The van der Waals surface area contributed by atoms with Gasteiger partial charge in [0.1, 0.15) is 0 Å². The molecular weight excluding hydrogens is 306 g/mol. The van der Waals surface area contributed by atoms with Crippen molar-refractivity contribution in [3.63, 3.8) is 0 Å². The maximum Gasteiger partial charge on any atom is 0.157 e. The summed E-state index contributed by atoms with van der Waals surface area (Å²) in [7, 11) is 0. The van der Waals surface area contributed by atoms with Gasteiger partial charge in [-0.05, 0) is 54.3 Å². The van der Waals surface area contributed by atoms with Crippen LogP contribution in [0.5, 0.6) is 11.5 Å². The number of benzene rings is 2. The first kappa shape index (κ1) is 16.6. The highest BCUT2D eigenvalue weighted by molar-refractivity contribution is 5.51. The molecule has 0 amide bonds. The van der Waals surface area contributed by atoms with Crippen LogP contribution in [-0.2, 0) is 19.3 Å². The van der Waals surface area contributed by atoms with Crippen LogP contribution in [0, 0.1) is 0 Å². The van der Waals surface area contributed by atoms with Gasteiger partial charge in [0, 0.05) is 24.6 Å². The second-order valence-corrected chi connectivity index (χ2v) is 6.60. The molecule has 0 bridgehead atoms. The number of hydrogen-bond donors (Lipinski definition) is 5. The van der Waals surface area contributed by atoms with Gasteiger partial charge in [0.25, 0.3) is 0 Å². The molecule has 0 radical (unpaired) electrons. The van der Waals surface area contributed by atoms with Crippen molar-refractivity contribution in [3.8, 4) is 11.5 Å². The Morgan fingerprint density at radius 2 is 1.67 bits per heavy atom. The van der Waals surface area contributed by atoms with E-state index in [1.54, 1.807) is 12.1 Å². The summed E-state index contributed by atoms with van der Waals surface area (Å²) in [5, 5.41) is 41.9. The molecule has 0 saturated carbocycles. The molecule has 5 nitrogen and oxygen atoms in total. The third kappa shape index (κ3) is 3.63. The lowest BCUT2D eigenvalue weighted by Crippen LogP contribution is -2.34. The van der Waals surface area contributed by atoms with E-state index in [9.17, 15) is 20.4 Å². The number of anilines is 1. The zero-order valence-corrected chi connectivity index (χ0v) is 13.6. The third-order valence-electron chi connectivity index (χ3n) is 4.50. The largest absolute Gasteiger partial charge is 0.504 e. The van der Waals surface area contributed by atoms with Gasteiger partial charge in [0.15, 0.2) is 11.5 Å². The number of hydrogen-bond acceptors (Lipinski definition) is 5. The van der Waals surface area contributed by atoms with E-state index in [1.807, 2.05) is 25.1 Å². The van der Waals surface area contributed by atoms with Crippen molar-refractivity contribution < 1.29 is 20.4 Å². The van der Waals surface area contributed by atoms with E-state index in [-0.39, 0.29) is 17.5 Å². The average Bonchev–Trinajstić information content (AvgIpc) is 2.52. The lowest BCUT2D eigenvalue weighted by molar-refractivity contribution is 0.0142. The summed E-state index contributed by atoms with van der Waals surface area (Å²) in [4.78, 5) is 0. The van der Waals surface area contributed by atoms with Crippen LogP contribution < -0.4 is 5.32 Å². The maximum absolute atomic E-state index is 9.83. The van der Waals surface area contributed by atoms with Gasteiger partial charge in [-0.1, -0.05) is 12.1 Å². The number of rotatable bonds is 4. The summed E-state index contributed by atoms with van der Waals surface area (Å²) in [6.07, 6.45) is 0.264. The fourth-order valence-corrected chi connectivity index (χ4v) is 3.21. The van der Waals surface area contributed by atoms with Crippen molar-refractivity contribution >= 4 is 5.69 Å². The van der Waals surface area contributed by atoms with Gasteiger partial charge in [0.05, 0.1) is 12.2 Å². The normalized spacial score (nSPS) is 21.1. The fraction of sp³-hybridized carbons (Fsp3) is 0.368. The quantitative estimate of drug-likeness (QED) is 0.553. The van der Waals surface area contributed by atoms with Gasteiger partial charge in [-0.15, -0.1) is 0 Å². The summed E-state index contributed by atoms with van der Waals surface area (Å²) in [6, 6.07) is 11.0. The maximum atomic E-state index is 9.83. The van der Waals surface area contributed by atoms with Crippen LogP contribution in [0.1, 0.15) is 23.6 Å². The molecule has 0 aromatic heterocycles. The Labute approximate surface area is 141 Å².